The summed E-state index contributed by atoms with van der Waals surface area (Å²) in [6.45, 7) is 6.45. The summed E-state index contributed by atoms with van der Waals surface area (Å²) in [5.74, 6) is -0.350. The largest absolute Gasteiger partial charge is 0.466 e. The molecule has 0 radical (unpaired) electrons. The fourth-order valence-corrected chi connectivity index (χ4v) is 4.23. The van der Waals surface area contributed by atoms with Crippen molar-refractivity contribution in [3.05, 3.63) is 63.9 Å². The maximum atomic E-state index is 13.3. The second kappa shape index (κ2) is 10.9. The molecule has 168 valence electrons. The lowest BCUT2D eigenvalue weighted by atomic mass is 10.1. The fourth-order valence-electron chi connectivity index (χ4n) is 3.39. The third-order valence-corrected chi connectivity index (χ3v) is 5.67. The summed E-state index contributed by atoms with van der Waals surface area (Å²) >= 11 is 1.21. The van der Waals surface area contributed by atoms with Crippen LogP contribution in [0, 0.1) is 13.8 Å². The van der Waals surface area contributed by atoms with E-state index >= 15 is 0 Å². The Morgan fingerprint density at radius 2 is 1.84 bits per heavy atom. The van der Waals surface area contributed by atoms with Crippen molar-refractivity contribution in [1.82, 2.24) is 14.9 Å². The number of carbonyl (C=O) groups is 2. The lowest BCUT2D eigenvalue weighted by Gasteiger charge is -2.14. The summed E-state index contributed by atoms with van der Waals surface area (Å²) in [5, 5.41) is 3.78. The van der Waals surface area contributed by atoms with Crippen molar-refractivity contribution in [2.24, 2.45) is 0 Å². The molecule has 32 heavy (non-hydrogen) atoms. The summed E-state index contributed by atoms with van der Waals surface area (Å²) in [4.78, 5) is 41.7. The molecule has 1 amide bonds. The first-order chi connectivity index (χ1) is 15.4. The Morgan fingerprint density at radius 1 is 1.12 bits per heavy atom. The van der Waals surface area contributed by atoms with Gasteiger partial charge in [0, 0.05) is 13.0 Å². The molecule has 0 aliphatic carbocycles. The van der Waals surface area contributed by atoms with Gasteiger partial charge in [0.05, 0.1) is 29.0 Å². The van der Waals surface area contributed by atoms with Crippen LogP contribution >= 0.6 is 11.8 Å². The van der Waals surface area contributed by atoms with E-state index in [0.29, 0.717) is 35.6 Å². The van der Waals surface area contributed by atoms with E-state index in [1.807, 2.05) is 44.2 Å². The highest BCUT2D eigenvalue weighted by molar-refractivity contribution is 7.99. The molecule has 0 aliphatic heterocycles. The van der Waals surface area contributed by atoms with Gasteiger partial charge in [0.15, 0.2) is 5.16 Å². The number of nitrogens with one attached hydrogen (secondary N) is 1. The maximum absolute atomic E-state index is 13.3. The van der Waals surface area contributed by atoms with Gasteiger partial charge < -0.3 is 10.1 Å². The van der Waals surface area contributed by atoms with E-state index in [9.17, 15) is 14.4 Å². The van der Waals surface area contributed by atoms with E-state index in [1.165, 1.54) is 11.8 Å². The Kier molecular flexibility index (Phi) is 8.05. The van der Waals surface area contributed by atoms with Gasteiger partial charge in [-0.2, -0.15) is 0 Å². The number of hydrogen-bond acceptors (Lipinski definition) is 6. The lowest BCUT2D eigenvalue weighted by Crippen LogP contribution is -2.27. The molecule has 0 spiro atoms. The van der Waals surface area contributed by atoms with E-state index in [2.05, 4.69) is 10.3 Å². The van der Waals surface area contributed by atoms with Crippen LogP contribution in [0.4, 0.5) is 0 Å². The van der Waals surface area contributed by atoms with Gasteiger partial charge in [-0.25, -0.2) is 4.98 Å². The van der Waals surface area contributed by atoms with Crippen LogP contribution in [0.2, 0.25) is 0 Å². The summed E-state index contributed by atoms with van der Waals surface area (Å²) in [7, 11) is 0. The molecule has 0 atom stereocenters. The van der Waals surface area contributed by atoms with Crippen molar-refractivity contribution in [3.8, 4) is 5.69 Å². The number of benzene rings is 2. The number of fused-ring (bicyclic) bond motifs is 1. The van der Waals surface area contributed by atoms with E-state index in [-0.39, 0.29) is 29.6 Å². The third kappa shape index (κ3) is 5.97. The zero-order valence-electron chi connectivity index (χ0n) is 18.5. The molecule has 3 aromatic rings. The normalized spacial score (nSPS) is 10.8. The molecule has 8 heteroatoms. The van der Waals surface area contributed by atoms with Crippen LogP contribution in [0.5, 0.6) is 0 Å². The molecule has 0 saturated carbocycles. The van der Waals surface area contributed by atoms with Gasteiger partial charge in [-0.15, -0.1) is 0 Å². The highest BCUT2D eigenvalue weighted by Gasteiger charge is 2.15. The maximum Gasteiger partial charge on any atom is 0.305 e. The van der Waals surface area contributed by atoms with Crippen molar-refractivity contribution in [1.29, 1.82) is 0 Å². The molecule has 7 nitrogen and oxygen atoms in total. The highest BCUT2D eigenvalue weighted by atomic mass is 32.2. The molecule has 0 fully saturated rings. The number of esters is 1. The minimum absolute atomic E-state index is 0.106. The molecule has 2 aromatic carbocycles. The van der Waals surface area contributed by atoms with Gasteiger partial charge in [-0.3, -0.25) is 19.0 Å². The predicted molar refractivity (Wildman–Crippen MR) is 126 cm³/mol. The monoisotopic (exact) mass is 453 g/mol. The first-order valence-corrected chi connectivity index (χ1v) is 11.5. The topological polar surface area (TPSA) is 90.3 Å². The number of aromatic nitrogens is 2. The van der Waals surface area contributed by atoms with Gasteiger partial charge in [0.2, 0.25) is 5.91 Å². The zero-order chi connectivity index (χ0) is 23.1. The zero-order valence-corrected chi connectivity index (χ0v) is 19.3. The number of nitrogens with zero attached hydrogens (tertiary/aromatic N) is 2. The van der Waals surface area contributed by atoms with Crippen LogP contribution in [0.3, 0.4) is 0 Å². The van der Waals surface area contributed by atoms with E-state index in [1.54, 1.807) is 23.6 Å². The molecule has 0 bridgehead atoms. The van der Waals surface area contributed by atoms with Crippen molar-refractivity contribution < 1.29 is 14.3 Å². The van der Waals surface area contributed by atoms with Crippen LogP contribution in [0.1, 0.15) is 30.9 Å². The molecular formula is C24H27N3O4S. The van der Waals surface area contributed by atoms with Crippen molar-refractivity contribution in [3.63, 3.8) is 0 Å². The standard InChI is InChI=1S/C24H27N3O4S/c1-4-31-22(29)10-7-11-25-21(28)15-32-24-26-20-9-6-5-8-19(20)23(30)27(24)18-13-16(2)12-17(3)14-18/h5-6,8-9,12-14H,4,7,10-11,15H2,1-3H3,(H,25,28). The van der Waals surface area contributed by atoms with Gasteiger partial charge in [-0.1, -0.05) is 30.0 Å². The summed E-state index contributed by atoms with van der Waals surface area (Å²) < 4.78 is 6.45. The molecular weight excluding hydrogens is 426 g/mol. The first-order valence-electron chi connectivity index (χ1n) is 10.5. The van der Waals surface area contributed by atoms with Crippen LogP contribution < -0.4 is 10.9 Å². The second-order valence-electron chi connectivity index (χ2n) is 7.45. The number of thioether (sulfide) groups is 1. The molecule has 1 aromatic heterocycles. The average molecular weight is 454 g/mol. The van der Waals surface area contributed by atoms with E-state index in [0.717, 1.165) is 16.8 Å². The molecule has 0 aliphatic rings. The number of rotatable bonds is 9. The van der Waals surface area contributed by atoms with Gasteiger partial charge in [0.25, 0.3) is 5.56 Å². The Balaban J connectivity index is 1.79. The van der Waals surface area contributed by atoms with Gasteiger partial charge in [0.1, 0.15) is 0 Å². The van der Waals surface area contributed by atoms with Crippen LogP contribution in [0.15, 0.2) is 52.4 Å². The number of para-hydroxylation sites is 1. The van der Waals surface area contributed by atoms with Gasteiger partial charge >= 0.3 is 5.97 Å². The Bertz CT molecular complexity index is 1170. The fraction of sp³-hybridized carbons (Fsp3) is 0.333. The smallest absolute Gasteiger partial charge is 0.305 e. The van der Waals surface area contributed by atoms with Crippen LogP contribution in [-0.4, -0.2) is 40.3 Å². The SMILES string of the molecule is CCOC(=O)CCCNC(=O)CSc1nc2ccccc2c(=O)n1-c1cc(C)cc(C)c1. The number of ether oxygens (including phenoxy) is 1. The molecule has 0 saturated heterocycles. The molecule has 1 N–H and O–H groups in total. The van der Waals surface area contributed by atoms with E-state index < -0.39 is 0 Å². The van der Waals surface area contributed by atoms with Crippen molar-refractivity contribution in [2.45, 2.75) is 38.8 Å². The van der Waals surface area contributed by atoms with Crippen LogP contribution in [0.25, 0.3) is 16.6 Å². The Morgan fingerprint density at radius 3 is 2.56 bits per heavy atom. The summed E-state index contributed by atoms with van der Waals surface area (Å²) in [5.41, 5.74) is 3.22. The third-order valence-electron chi connectivity index (χ3n) is 4.73. The highest BCUT2D eigenvalue weighted by Crippen LogP contribution is 2.22. The minimum atomic E-state index is -0.269. The Labute approximate surface area is 191 Å². The van der Waals surface area contributed by atoms with Gasteiger partial charge in [-0.05, 0) is 62.6 Å². The van der Waals surface area contributed by atoms with Crippen molar-refractivity contribution in [2.75, 3.05) is 18.9 Å². The molecule has 0 unspecified atom stereocenters. The minimum Gasteiger partial charge on any atom is -0.466 e. The van der Waals surface area contributed by atoms with E-state index in [4.69, 9.17) is 4.74 Å². The lowest BCUT2D eigenvalue weighted by molar-refractivity contribution is -0.143. The predicted octanol–water partition coefficient (Wildman–Crippen LogP) is 3.55. The first kappa shape index (κ1) is 23.5. The molecule has 1 heterocycles. The number of carbonyl (C=O) groups excluding carboxylic acids is 2. The average Bonchev–Trinajstić information content (AvgIpc) is 2.75. The summed E-state index contributed by atoms with van der Waals surface area (Å²) in [6.07, 6.45) is 0.774. The number of aryl methyl sites for hydroxylation is 2. The number of hydrogen-bond donors (Lipinski definition) is 1. The second-order valence-corrected chi connectivity index (χ2v) is 8.39. The number of amides is 1. The van der Waals surface area contributed by atoms with Crippen molar-refractivity contribution >= 4 is 34.5 Å². The Hall–Kier alpha value is -3.13. The quantitative estimate of drug-likeness (QED) is 0.231. The molecule has 3 rings (SSSR count). The summed E-state index contributed by atoms with van der Waals surface area (Å²) in [6, 6.07) is 13.1. The van der Waals surface area contributed by atoms with Crippen LogP contribution in [-0.2, 0) is 14.3 Å².